The number of amides is 2. The predicted molar refractivity (Wildman–Crippen MR) is 90.2 cm³/mol. The molecule has 0 aliphatic heterocycles. The molecule has 1 aromatic heterocycles. The third kappa shape index (κ3) is 4.06. The smallest absolute Gasteiger partial charge is 0.306 e. The minimum Gasteiger partial charge on any atom is -0.481 e. The molecule has 3 N–H and O–H groups in total. The van der Waals surface area contributed by atoms with Crippen LogP contribution in [0.2, 0.25) is 0 Å². The molecule has 7 heteroatoms. The van der Waals surface area contributed by atoms with Gasteiger partial charge in [0.05, 0.1) is 17.7 Å². The zero-order valence-electron chi connectivity index (χ0n) is 13.4. The normalized spacial score (nSPS) is 19.4. The Hall–Kier alpha value is -3.09. The summed E-state index contributed by atoms with van der Waals surface area (Å²) in [5.41, 5.74) is 1.49. The van der Waals surface area contributed by atoms with Gasteiger partial charge in [0.2, 0.25) is 5.91 Å². The van der Waals surface area contributed by atoms with Crippen LogP contribution in [0.25, 0.3) is 0 Å². The van der Waals surface area contributed by atoms with E-state index in [-0.39, 0.29) is 17.7 Å². The highest BCUT2D eigenvalue weighted by atomic mass is 16.4. The lowest BCUT2D eigenvalue weighted by atomic mass is 10.0. The number of furan rings is 1. The number of hydrogen-bond donors (Lipinski definition) is 3. The van der Waals surface area contributed by atoms with E-state index in [4.69, 9.17) is 9.52 Å². The second-order valence-electron chi connectivity index (χ2n) is 6.08. The summed E-state index contributed by atoms with van der Waals surface area (Å²) in [5, 5.41) is 14.5. The van der Waals surface area contributed by atoms with Gasteiger partial charge in [0.1, 0.15) is 6.26 Å². The molecule has 1 heterocycles. The van der Waals surface area contributed by atoms with Crippen molar-refractivity contribution >= 4 is 29.2 Å². The van der Waals surface area contributed by atoms with Crippen molar-refractivity contribution in [3.8, 4) is 0 Å². The van der Waals surface area contributed by atoms with E-state index in [1.54, 1.807) is 30.3 Å². The van der Waals surface area contributed by atoms with Crippen molar-refractivity contribution in [1.82, 2.24) is 0 Å². The van der Waals surface area contributed by atoms with Crippen molar-refractivity contribution < 1.29 is 23.9 Å². The number of hydrogen-bond acceptors (Lipinski definition) is 4. The number of nitrogens with one attached hydrogen (secondary N) is 2. The van der Waals surface area contributed by atoms with E-state index in [0.717, 1.165) is 0 Å². The number of rotatable bonds is 5. The quantitative estimate of drug-likeness (QED) is 0.774. The van der Waals surface area contributed by atoms with E-state index >= 15 is 0 Å². The van der Waals surface area contributed by atoms with Gasteiger partial charge in [-0.3, -0.25) is 14.4 Å². The summed E-state index contributed by atoms with van der Waals surface area (Å²) < 4.78 is 4.87. The third-order valence-electron chi connectivity index (χ3n) is 4.32. The Morgan fingerprint density at radius 1 is 1.04 bits per heavy atom. The molecule has 2 amide bonds. The molecule has 2 aromatic rings. The molecule has 3 rings (SSSR count). The third-order valence-corrected chi connectivity index (χ3v) is 4.32. The fourth-order valence-corrected chi connectivity index (χ4v) is 2.96. The van der Waals surface area contributed by atoms with Crippen molar-refractivity contribution in [3.63, 3.8) is 0 Å². The average Bonchev–Trinajstić information content (AvgIpc) is 3.27. The molecule has 0 radical (unpaired) electrons. The summed E-state index contributed by atoms with van der Waals surface area (Å²) in [4.78, 5) is 35.3. The van der Waals surface area contributed by atoms with Gasteiger partial charge in [0.25, 0.3) is 5.91 Å². The van der Waals surface area contributed by atoms with Gasteiger partial charge >= 0.3 is 5.97 Å². The molecular formula is C18H18N2O5. The van der Waals surface area contributed by atoms with Crippen LogP contribution in [0.4, 0.5) is 11.4 Å². The van der Waals surface area contributed by atoms with Crippen LogP contribution in [-0.4, -0.2) is 22.9 Å². The molecule has 1 aromatic carbocycles. The standard InChI is InChI=1S/C18H18N2O5/c21-16(11-4-5-12(8-11)18(23)24)19-14-2-1-3-15(9-14)20-17(22)13-6-7-25-10-13/h1-3,6-7,9-12H,4-5,8H2,(H,19,21)(H,20,22)(H,23,24)/t11-,12+/m0/s1. The van der Waals surface area contributed by atoms with Gasteiger partial charge < -0.3 is 20.2 Å². The number of benzene rings is 1. The molecule has 0 bridgehead atoms. The summed E-state index contributed by atoms with van der Waals surface area (Å²) >= 11 is 0. The minimum absolute atomic E-state index is 0.193. The van der Waals surface area contributed by atoms with Gasteiger partial charge in [-0.1, -0.05) is 6.07 Å². The van der Waals surface area contributed by atoms with Crippen LogP contribution in [-0.2, 0) is 9.59 Å². The van der Waals surface area contributed by atoms with Crippen molar-refractivity contribution in [2.45, 2.75) is 19.3 Å². The largest absolute Gasteiger partial charge is 0.481 e. The molecule has 0 spiro atoms. The molecule has 2 atom stereocenters. The lowest BCUT2D eigenvalue weighted by Gasteiger charge is -2.12. The monoisotopic (exact) mass is 342 g/mol. The maximum atomic E-state index is 12.3. The fourth-order valence-electron chi connectivity index (χ4n) is 2.96. The zero-order chi connectivity index (χ0) is 17.8. The lowest BCUT2D eigenvalue weighted by Crippen LogP contribution is -2.21. The Bertz CT molecular complexity index is 785. The molecule has 1 aliphatic carbocycles. The number of anilines is 2. The summed E-state index contributed by atoms with van der Waals surface area (Å²) in [6.45, 7) is 0. The number of aliphatic carboxylic acids is 1. The highest BCUT2D eigenvalue weighted by Gasteiger charge is 2.33. The molecule has 25 heavy (non-hydrogen) atoms. The number of carbonyl (C=O) groups excluding carboxylic acids is 2. The van der Waals surface area contributed by atoms with Crippen LogP contribution < -0.4 is 10.6 Å². The maximum absolute atomic E-state index is 12.3. The van der Waals surface area contributed by atoms with Crippen LogP contribution in [0.1, 0.15) is 29.6 Å². The van der Waals surface area contributed by atoms with Gasteiger partial charge in [0, 0.05) is 17.3 Å². The summed E-state index contributed by atoms with van der Waals surface area (Å²) in [5.74, 6) is -2.10. The average molecular weight is 342 g/mol. The molecule has 1 aliphatic rings. The predicted octanol–water partition coefficient (Wildman–Crippen LogP) is 2.97. The molecule has 1 saturated carbocycles. The van der Waals surface area contributed by atoms with Crippen LogP contribution in [0, 0.1) is 11.8 Å². The van der Waals surface area contributed by atoms with E-state index in [9.17, 15) is 14.4 Å². The van der Waals surface area contributed by atoms with E-state index in [2.05, 4.69) is 10.6 Å². The minimum atomic E-state index is -0.848. The Kier molecular flexibility index (Phi) is 4.83. The van der Waals surface area contributed by atoms with Crippen LogP contribution in [0.5, 0.6) is 0 Å². The van der Waals surface area contributed by atoms with Crippen LogP contribution >= 0.6 is 0 Å². The first-order chi connectivity index (χ1) is 12.0. The second-order valence-corrected chi connectivity index (χ2v) is 6.08. The maximum Gasteiger partial charge on any atom is 0.306 e. The number of carboxylic acid groups (broad SMARTS) is 1. The zero-order valence-corrected chi connectivity index (χ0v) is 13.4. The highest BCUT2D eigenvalue weighted by molar-refractivity contribution is 6.04. The van der Waals surface area contributed by atoms with Gasteiger partial charge in [-0.2, -0.15) is 0 Å². The van der Waals surface area contributed by atoms with Crippen molar-refractivity contribution in [3.05, 3.63) is 48.4 Å². The lowest BCUT2D eigenvalue weighted by molar-refractivity contribution is -0.141. The summed E-state index contributed by atoms with van der Waals surface area (Å²) in [6, 6.07) is 8.35. The fraction of sp³-hybridized carbons (Fsp3) is 0.278. The van der Waals surface area contributed by atoms with Gasteiger partial charge in [-0.15, -0.1) is 0 Å². The van der Waals surface area contributed by atoms with Crippen LogP contribution in [0.3, 0.4) is 0 Å². The van der Waals surface area contributed by atoms with E-state index in [1.165, 1.54) is 12.5 Å². The summed E-state index contributed by atoms with van der Waals surface area (Å²) in [6.07, 6.45) is 4.21. The topological polar surface area (TPSA) is 109 Å². The Labute approximate surface area is 144 Å². The molecule has 7 nitrogen and oxygen atoms in total. The Balaban J connectivity index is 1.61. The highest BCUT2D eigenvalue weighted by Crippen LogP contribution is 2.32. The van der Waals surface area contributed by atoms with E-state index in [1.807, 2.05) is 0 Å². The summed E-state index contributed by atoms with van der Waals surface area (Å²) in [7, 11) is 0. The SMILES string of the molecule is O=C(Nc1cccc(NC(=O)[C@H]2CC[C@@H](C(=O)O)C2)c1)c1ccoc1. The van der Waals surface area contributed by atoms with Crippen molar-refractivity contribution in [1.29, 1.82) is 0 Å². The first-order valence-corrected chi connectivity index (χ1v) is 8.00. The Morgan fingerprint density at radius 3 is 2.40 bits per heavy atom. The molecule has 0 saturated heterocycles. The van der Waals surface area contributed by atoms with E-state index in [0.29, 0.717) is 36.2 Å². The first-order valence-electron chi connectivity index (χ1n) is 8.00. The molecular weight excluding hydrogens is 324 g/mol. The first kappa shape index (κ1) is 16.8. The van der Waals surface area contributed by atoms with Gasteiger partial charge in [-0.05, 0) is 43.5 Å². The van der Waals surface area contributed by atoms with Crippen molar-refractivity contribution in [2.24, 2.45) is 11.8 Å². The molecule has 130 valence electrons. The van der Waals surface area contributed by atoms with Gasteiger partial charge in [0.15, 0.2) is 0 Å². The number of carboxylic acids is 1. The molecule has 1 fully saturated rings. The van der Waals surface area contributed by atoms with E-state index < -0.39 is 11.9 Å². The van der Waals surface area contributed by atoms with Crippen molar-refractivity contribution in [2.75, 3.05) is 10.6 Å². The van der Waals surface area contributed by atoms with Crippen LogP contribution in [0.15, 0.2) is 47.3 Å². The molecule has 0 unspecified atom stereocenters. The second kappa shape index (κ2) is 7.21. The Morgan fingerprint density at radius 2 is 1.76 bits per heavy atom. The number of carbonyl (C=O) groups is 3. The van der Waals surface area contributed by atoms with Gasteiger partial charge in [-0.25, -0.2) is 0 Å².